The van der Waals surface area contributed by atoms with Gasteiger partial charge in [0.2, 0.25) is 5.95 Å². The van der Waals surface area contributed by atoms with E-state index in [2.05, 4.69) is 31.6 Å². The molecule has 1 aromatic carbocycles. The molecule has 0 spiro atoms. The van der Waals surface area contributed by atoms with Crippen LogP contribution in [0.15, 0.2) is 48.8 Å². The third-order valence-electron chi connectivity index (χ3n) is 4.92. The van der Waals surface area contributed by atoms with Gasteiger partial charge in [-0.1, -0.05) is 23.7 Å². The Kier molecular flexibility index (Phi) is 4.88. The minimum absolute atomic E-state index is 0.342. The highest BCUT2D eigenvalue weighted by atomic mass is 35.5. The molecule has 8 heteroatoms. The molecule has 0 aliphatic heterocycles. The molecule has 0 amide bonds. The van der Waals surface area contributed by atoms with Crippen molar-refractivity contribution in [2.75, 3.05) is 11.9 Å². The van der Waals surface area contributed by atoms with Crippen molar-refractivity contribution < 1.29 is 4.39 Å². The first kappa shape index (κ1) is 18.3. The number of nitriles is 1. The van der Waals surface area contributed by atoms with E-state index in [1.807, 2.05) is 6.07 Å². The molecule has 0 bridgehead atoms. The highest BCUT2D eigenvalue weighted by Crippen LogP contribution is 2.46. The maximum atomic E-state index is 13.7. The van der Waals surface area contributed by atoms with Gasteiger partial charge in [-0.3, -0.25) is 4.98 Å². The van der Waals surface area contributed by atoms with Crippen LogP contribution >= 0.6 is 11.6 Å². The van der Waals surface area contributed by atoms with Gasteiger partial charge in [-0.2, -0.15) is 5.26 Å². The molecule has 1 fully saturated rings. The molecule has 1 saturated carbocycles. The lowest BCUT2D eigenvalue weighted by Gasteiger charge is -2.44. The summed E-state index contributed by atoms with van der Waals surface area (Å²) in [6.45, 7) is 0.412. The van der Waals surface area contributed by atoms with Crippen molar-refractivity contribution in [3.63, 3.8) is 0 Å². The summed E-state index contributed by atoms with van der Waals surface area (Å²) in [5, 5.41) is 20.9. The molecular formula is C20H16ClFN6. The Balaban J connectivity index is 1.50. The Morgan fingerprint density at radius 1 is 1.21 bits per heavy atom. The number of benzene rings is 1. The zero-order valence-electron chi connectivity index (χ0n) is 14.8. The number of nitrogens with one attached hydrogen (secondary N) is 1. The Morgan fingerprint density at radius 3 is 2.75 bits per heavy atom. The van der Waals surface area contributed by atoms with Gasteiger partial charge in [0, 0.05) is 23.7 Å². The number of rotatable bonds is 5. The van der Waals surface area contributed by atoms with Crippen molar-refractivity contribution in [2.24, 2.45) is 0 Å². The van der Waals surface area contributed by atoms with E-state index in [1.165, 1.54) is 0 Å². The molecule has 4 rings (SSSR count). The first-order chi connectivity index (χ1) is 13.6. The number of aromatic nitrogens is 4. The molecule has 2 heterocycles. The van der Waals surface area contributed by atoms with E-state index in [-0.39, 0.29) is 0 Å². The summed E-state index contributed by atoms with van der Waals surface area (Å²) in [7, 11) is 0. The molecule has 1 aliphatic carbocycles. The van der Waals surface area contributed by atoms with E-state index < -0.39 is 11.6 Å². The van der Waals surface area contributed by atoms with Crippen molar-refractivity contribution in [1.82, 2.24) is 20.2 Å². The minimum Gasteiger partial charge on any atom is -0.352 e. The number of nitrogens with zero attached hydrogens (tertiary/aromatic N) is 5. The van der Waals surface area contributed by atoms with Gasteiger partial charge in [0.25, 0.3) is 0 Å². The number of pyridine rings is 1. The number of alkyl halides is 1. The number of halogens is 2. The third kappa shape index (κ3) is 3.51. The monoisotopic (exact) mass is 394 g/mol. The van der Waals surface area contributed by atoms with Gasteiger partial charge in [0.1, 0.15) is 11.9 Å². The van der Waals surface area contributed by atoms with Crippen LogP contribution in [0.5, 0.6) is 0 Å². The zero-order valence-corrected chi connectivity index (χ0v) is 15.6. The van der Waals surface area contributed by atoms with Gasteiger partial charge in [-0.15, -0.1) is 10.2 Å². The van der Waals surface area contributed by atoms with Gasteiger partial charge in [-0.25, -0.2) is 9.37 Å². The standard InChI is InChI=1S/C20H16ClFN6/c21-16-5-2-6-24-18(16)20(8-15(22)9-20)12-26-19-25-11-17(27-28-19)14-4-1-3-13(7-14)10-23/h1-7,11,15H,8-9,12H2,(H,25,26,28)/t15-,20-. The van der Waals surface area contributed by atoms with E-state index in [0.29, 0.717) is 47.3 Å². The molecule has 2 aromatic heterocycles. The van der Waals surface area contributed by atoms with Crippen LogP contribution in [-0.4, -0.2) is 32.9 Å². The van der Waals surface area contributed by atoms with Crippen LogP contribution in [-0.2, 0) is 5.41 Å². The molecule has 0 radical (unpaired) electrons. The predicted octanol–water partition coefficient (Wildman–Crippen LogP) is 3.94. The largest absolute Gasteiger partial charge is 0.352 e. The predicted molar refractivity (Wildman–Crippen MR) is 104 cm³/mol. The Morgan fingerprint density at radius 2 is 2.07 bits per heavy atom. The second-order valence-corrected chi connectivity index (χ2v) is 7.24. The van der Waals surface area contributed by atoms with E-state index in [0.717, 1.165) is 5.56 Å². The van der Waals surface area contributed by atoms with Crippen LogP contribution in [0.25, 0.3) is 11.3 Å². The van der Waals surface area contributed by atoms with Crippen LogP contribution in [0.1, 0.15) is 24.1 Å². The summed E-state index contributed by atoms with van der Waals surface area (Å²) >= 11 is 6.28. The maximum absolute atomic E-state index is 13.7. The quantitative estimate of drug-likeness (QED) is 0.705. The SMILES string of the molecule is N#Cc1cccc(-c2cnc(NC[C@]3(c4ncccc4Cl)C[C@H](F)C3)nn2)c1. The molecular weight excluding hydrogens is 379 g/mol. The first-order valence-electron chi connectivity index (χ1n) is 8.79. The fourth-order valence-corrected chi connectivity index (χ4v) is 3.79. The summed E-state index contributed by atoms with van der Waals surface area (Å²) in [5.41, 5.74) is 2.08. The summed E-state index contributed by atoms with van der Waals surface area (Å²) in [5.74, 6) is 0.342. The van der Waals surface area contributed by atoms with Gasteiger partial charge >= 0.3 is 0 Å². The molecule has 0 saturated heterocycles. The van der Waals surface area contributed by atoms with Gasteiger partial charge in [0.15, 0.2) is 0 Å². The minimum atomic E-state index is -0.867. The molecule has 0 atom stereocenters. The van der Waals surface area contributed by atoms with Crippen LogP contribution in [0.4, 0.5) is 10.3 Å². The zero-order chi connectivity index (χ0) is 19.6. The molecule has 1 N–H and O–H groups in total. The summed E-state index contributed by atoms with van der Waals surface area (Å²) in [4.78, 5) is 8.66. The number of hydrogen-bond donors (Lipinski definition) is 1. The number of anilines is 1. The second kappa shape index (κ2) is 7.49. The van der Waals surface area contributed by atoms with Crippen molar-refractivity contribution in [3.05, 3.63) is 65.1 Å². The normalized spacial score (nSPS) is 20.8. The van der Waals surface area contributed by atoms with Gasteiger partial charge in [0.05, 0.1) is 28.5 Å². The lowest BCUT2D eigenvalue weighted by atomic mass is 9.65. The lowest BCUT2D eigenvalue weighted by molar-refractivity contribution is 0.0996. The molecule has 1 aliphatic rings. The Hall–Kier alpha value is -3.11. The van der Waals surface area contributed by atoms with E-state index in [1.54, 1.807) is 42.7 Å². The van der Waals surface area contributed by atoms with E-state index in [4.69, 9.17) is 16.9 Å². The lowest BCUT2D eigenvalue weighted by Crippen LogP contribution is -2.48. The van der Waals surface area contributed by atoms with Crippen LogP contribution in [0.2, 0.25) is 5.02 Å². The molecule has 6 nitrogen and oxygen atoms in total. The van der Waals surface area contributed by atoms with Gasteiger partial charge in [-0.05, 0) is 37.1 Å². The molecule has 28 heavy (non-hydrogen) atoms. The molecule has 140 valence electrons. The van der Waals surface area contributed by atoms with Crippen LogP contribution < -0.4 is 5.32 Å². The third-order valence-corrected chi connectivity index (χ3v) is 5.22. The van der Waals surface area contributed by atoms with Crippen molar-refractivity contribution in [2.45, 2.75) is 24.4 Å². The number of hydrogen-bond acceptors (Lipinski definition) is 6. The summed E-state index contributed by atoms with van der Waals surface area (Å²) in [6.07, 6.45) is 3.09. The average Bonchev–Trinajstić information content (AvgIpc) is 2.71. The highest BCUT2D eigenvalue weighted by Gasteiger charge is 2.48. The van der Waals surface area contributed by atoms with E-state index >= 15 is 0 Å². The first-order valence-corrected chi connectivity index (χ1v) is 9.17. The fourth-order valence-electron chi connectivity index (χ4n) is 3.47. The maximum Gasteiger partial charge on any atom is 0.242 e. The van der Waals surface area contributed by atoms with Crippen molar-refractivity contribution in [1.29, 1.82) is 5.26 Å². The van der Waals surface area contributed by atoms with Crippen LogP contribution in [0, 0.1) is 11.3 Å². The molecule has 3 aromatic rings. The summed E-state index contributed by atoms with van der Waals surface area (Å²) in [6, 6.07) is 12.7. The van der Waals surface area contributed by atoms with Gasteiger partial charge < -0.3 is 5.32 Å². The molecule has 0 unspecified atom stereocenters. The highest BCUT2D eigenvalue weighted by molar-refractivity contribution is 6.31. The topological polar surface area (TPSA) is 87.4 Å². The Labute approximate surface area is 166 Å². The van der Waals surface area contributed by atoms with Crippen LogP contribution in [0.3, 0.4) is 0 Å². The second-order valence-electron chi connectivity index (χ2n) is 6.83. The fraction of sp³-hybridized carbons (Fsp3) is 0.250. The smallest absolute Gasteiger partial charge is 0.242 e. The summed E-state index contributed by atoms with van der Waals surface area (Å²) < 4.78 is 13.7. The van der Waals surface area contributed by atoms with Crippen molar-refractivity contribution in [3.8, 4) is 17.3 Å². The van der Waals surface area contributed by atoms with E-state index in [9.17, 15) is 4.39 Å². The Bertz CT molecular complexity index is 1030. The average molecular weight is 395 g/mol. The van der Waals surface area contributed by atoms with Crippen molar-refractivity contribution >= 4 is 17.5 Å².